The van der Waals surface area contributed by atoms with Gasteiger partial charge in [0.15, 0.2) is 12.0 Å². The van der Waals surface area contributed by atoms with Gasteiger partial charge in [0.05, 0.1) is 38.0 Å². The van der Waals surface area contributed by atoms with Gasteiger partial charge in [-0.3, -0.25) is 9.78 Å². The Morgan fingerprint density at radius 1 is 1.19 bits per heavy atom. The van der Waals surface area contributed by atoms with Crippen molar-refractivity contribution in [2.24, 2.45) is 5.10 Å². The van der Waals surface area contributed by atoms with Gasteiger partial charge in [0, 0.05) is 17.2 Å². The Labute approximate surface area is 177 Å². The van der Waals surface area contributed by atoms with Crippen LogP contribution in [0.4, 0.5) is 0 Å². The molecule has 1 amide bonds. The molecule has 2 aromatic carbocycles. The van der Waals surface area contributed by atoms with E-state index in [0.29, 0.717) is 34.7 Å². The summed E-state index contributed by atoms with van der Waals surface area (Å²) in [7, 11) is 1.55. The lowest BCUT2D eigenvalue weighted by molar-refractivity contribution is 0.0950. The lowest BCUT2D eigenvalue weighted by Crippen LogP contribution is -2.19. The average Bonchev–Trinajstić information content (AvgIpc) is 3.28. The maximum Gasteiger partial charge on any atom is 0.291 e. The van der Waals surface area contributed by atoms with Crippen molar-refractivity contribution in [2.75, 3.05) is 13.7 Å². The predicted molar refractivity (Wildman–Crippen MR) is 114 cm³/mol. The van der Waals surface area contributed by atoms with Gasteiger partial charge in [0.25, 0.3) is 5.91 Å². The highest BCUT2D eigenvalue weighted by Crippen LogP contribution is 2.23. The Hall–Kier alpha value is -4.27. The maximum atomic E-state index is 12.5. The van der Waals surface area contributed by atoms with E-state index in [1.165, 1.54) is 18.8 Å². The zero-order chi connectivity index (χ0) is 21.6. The van der Waals surface area contributed by atoms with Crippen LogP contribution in [0.2, 0.25) is 0 Å². The Balaban J connectivity index is 1.49. The first kappa shape index (κ1) is 20.0. The number of amides is 1. The van der Waals surface area contributed by atoms with Crippen molar-refractivity contribution in [2.45, 2.75) is 6.92 Å². The summed E-state index contributed by atoms with van der Waals surface area (Å²) in [6.45, 7) is 2.51. The van der Waals surface area contributed by atoms with Crippen LogP contribution in [0.25, 0.3) is 22.4 Å². The van der Waals surface area contributed by atoms with Crippen molar-refractivity contribution >= 4 is 23.2 Å². The summed E-state index contributed by atoms with van der Waals surface area (Å²) in [6.07, 6.45) is 5.77. The van der Waals surface area contributed by atoms with Gasteiger partial charge in [0.2, 0.25) is 0 Å². The fraction of sp³-hybridized carbons (Fsp3) is 0.136. The van der Waals surface area contributed by atoms with Crippen molar-refractivity contribution in [3.63, 3.8) is 0 Å². The fourth-order valence-corrected chi connectivity index (χ4v) is 2.90. The summed E-state index contributed by atoms with van der Waals surface area (Å²) < 4.78 is 16.0. The van der Waals surface area contributed by atoms with Crippen LogP contribution < -0.4 is 14.9 Å². The monoisotopic (exact) mass is 417 g/mol. The largest absolute Gasteiger partial charge is 0.497 e. The number of fused-ring (bicyclic) bond motifs is 1. The minimum absolute atomic E-state index is 0.140. The van der Waals surface area contributed by atoms with Crippen molar-refractivity contribution in [3.05, 3.63) is 66.4 Å². The molecule has 0 radical (unpaired) electrons. The van der Waals surface area contributed by atoms with E-state index in [2.05, 4.69) is 25.5 Å². The lowest BCUT2D eigenvalue weighted by Gasteiger charge is -2.06. The number of hydrogen-bond donors (Lipinski definition) is 1. The predicted octanol–water partition coefficient (Wildman–Crippen LogP) is 3.46. The number of hydrazone groups is 1. The molecule has 2 aromatic heterocycles. The number of aromatic nitrogens is 3. The molecule has 0 aliphatic carbocycles. The number of benzene rings is 2. The van der Waals surface area contributed by atoms with Crippen molar-refractivity contribution < 1.29 is 18.7 Å². The van der Waals surface area contributed by atoms with Crippen LogP contribution in [0.15, 0.2) is 64.7 Å². The summed E-state index contributed by atoms with van der Waals surface area (Å²) >= 11 is 0. The van der Waals surface area contributed by atoms with E-state index in [9.17, 15) is 4.79 Å². The van der Waals surface area contributed by atoms with Gasteiger partial charge in [-0.15, -0.1) is 0 Å². The van der Waals surface area contributed by atoms with E-state index in [0.717, 1.165) is 11.3 Å². The highest BCUT2D eigenvalue weighted by Gasteiger charge is 2.11. The van der Waals surface area contributed by atoms with Gasteiger partial charge in [-0.25, -0.2) is 15.4 Å². The van der Waals surface area contributed by atoms with E-state index in [1.807, 2.05) is 31.2 Å². The van der Waals surface area contributed by atoms with Gasteiger partial charge < -0.3 is 13.9 Å². The van der Waals surface area contributed by atoms with Crippen LogP contribution in [0.3, 0.4) is 0 Å². The Kier molecular flexibility index (Phi) is 5.84. The zero-order valence-corrected chi connectivity index (χ0v) is 16.9. The van der Waals surface area contributed by atoms with Gasteiger partial charge in [0.1, 0.15) is 22.7 Å². The molecule has 0 fully saturated rings. The second kappa shape index (κ2) is 9.04. The molecular formula is C22H19N5O4. The number of nitrogens with zero attached hydrogens (tertiary/aromatic N) is 4. The molecule has 0 atom stereocenters. The third-order valence-electron chi connectivity index (χ3n) is 4.37. The minimum atomic E-state index is -0.490. The number of ether oxygens (including phenoxy) is 2. The topological polar surface area (TPSA) is 112 Å². The maximum absolute atomic E-state index is 12.5. The summed E-state index contributed by atoms with van der Waals surface area (Å²) in [5.74, 6) is 0.864. The smallest absolute Gasteiger partial charge is 0.291 e. The third kappa shape index (κ3) is 4.50. The van der Waals surface area contributed by atoms with Crippen LogP contribution in [-0.4, -0.2) is 40.8 Å². The van der Waals surface area contributed by atoms with Crippen LogP contribution >= 0.6 is 0 Å². The van der Waals surface area contributed by atoms with Gasteiger partial charge in [-0.1, -0.05) is 0 Å². The molecule has 0 saturated heterocycles. The minimum Gasteiger partial charge on any atom is -0.497 e. The van der Waals surface area contributed by atoms with E-state index >= 15 is 0 Å². The van der Waals surface area contributed by atoms with Crippen molar-refractivity contribution in [3.8, 4) is 22.8 Å². The second-order valence-corrected chi connectivity index (χ2v) is 6.36. The molecule has 0 saturated carbocycles. The first-order chi connectivity index (χ1) is 15.2. The number of nitrogens with one attached hydrogen (secondary N) is 1. The Morgan fingerprint density at radius 2 is 2.03 bits per heavy atom. The number of rotatable bonds is 7. The number of oxazole rings is 1. The summed E-state index contributed by atoms with van der Waals surface area (Å²) in [4.78, 5) is 25.1. The molecule has 4 rings (SSSR count). The van der Waals surface area contributed by atoms with Crippen LogP contribution in [0.5, 0.6) is 11.5 Å². The third-order valence-corrected chi connectivity index (χ3v) is 4.37. The molecule has 156 valence electrons. The number of carbonyl (C=O) groups is 1. The van der Waals surface area contributed by atoms with E-state index in [4.69, 9.17) is 13.9 Å². The van der Waals surface area contributed by atoms with Crippen LogP contribution in [0, 0.1) is 0 Å². The standard InChI is InChI=1S/C22H19N5O4/c1-3-30-16-6-4-14(5-7-16)18-11-23-12-19(26-18)22(28)27-25-10-15-8-17(29-2)9-20-21(15)24-13-31-20/h4-13H,3H2,1-2H3,(H,27,28)/b25-10+. The summed E-state index contributed by atoms with van der Waals surface area (Å²) in [5.41, 5.74) is 5.78. The summed E-state index contributed by atoms with van der Waals surface area (Å²) in [6, 6.07) is 10.9. The first-order valence-electron chi connectivity index (χ1n) is 9.48. The van der Waals surface area contributed by atoms with Gasteiger partial charge in [-0.2, -0.15) is 5.10 Å². The van der Waals surface area contributed by atoms with Gasteiger partial charge in [-0.05, 0) is 37.3 Å². The quantitative estimate of drug-likeness (QED) is 0.362. The van der Waals surface area contributed by atoms with Crippen LogP contribution in [-0.2, 0) is 0 Å². The summed E-state index contributed by atoms with van der Waals surface area (Å²) in [5, 5.41) is 4.01. The van der Waals surface area contributed by atoms with E-state index < -0.39 is 5.91 Å². The second-order valence-electron chi connectivity index (χ2n) is 6.36. The average molecular weight is 417 g/mol. The van der Waals surface area contributed by atoms with Crippen LogP contribution in [0.1, 0.15) is 23.0 Å². The van der Waals surface area contributed by atoms with E-state index in [-0.39, 0.29) is 5.69 Å². The molecule has 9 heteroatoms. The lowest BCUT2D eigenvalue weighted by atomic mass is 10.1. The molecule has 2 heterocycles. The van der Waals surface area contributed by atoms with Gasteiger partial charge >= 0.3 is 0 Å². The Morgan fingerprint density at radius 3 is 2.81 bits per heavy atom. The SMILES string of the molecule is CCOc1ccc(-c2cncc(C(=O)N/N=C/c3cc(OC)cc4ocnc34)n2)cc1. The molecule has 0 aliphatic heterocycles. The van der Waals surface area contributed by atoms with E-state index in [1.54, 1.807) is 25.4 Å². The molecule has 0 bridgehead atoms. The highest BCUT2D eigenvalue weighted by atomic mass is 16.5. The molecular weight excluding hydrogens is 398 g/mol. The van der Waals surface area contributed by atoms with Crippen molar-refractivity contribution in [1.29, 1.82) is 0 Å². The normalized spacial score (nSPS) is 11.0. The molecule has 0 aliphatic rings. The number of methoxy groups -OCH3 is 1. The Bertz CT molecular complexity index is 1230. The highest BCUT2D eigenvalue weighted by molar-refractivity contribution is 5.98. The van der Waals surface area contributed by atoms with Crippen molar-refractivity contribution in [1.82, 2.24) is 20.4 Å². The molecule has 0 spiro atoms. The molecule has 1 N–H and O–H groups in total. The molecule has 9 nitrogen and oxygen atoms in total. The molecule has 0 unspecified atom stereocenters. The zero-order valence-electron chi connectivity index (χ0n) is 16.9. The molecule has 4 aromatic rings. The number of hydrogen-bond acceptors (Lipinski definition) is 8. The number of carbonyl (C=O) groups excluding carboxylic acids is 1. The molecule has 31 heavy (non-hydrogen) atoms. The first-order valence-corrected chi connectivity index (χ1v) is 9.48. The fourth-order valence-electron chi connectivity index (χ4n) is 2.90.